The van der Waals surface area contributed by atoms with Crippen molar-refractivity contribution in [2.75, 3.05) is 0 Å². The molecule has 9 nitrogen and oxygen atoms in total. The molecule has 0 atom stereocenters. The highest BCUT2D eigenvalue weighted by molar-refractivity contribution is 8.04. The number of furan rings is 1. The molecule has 28 heavy (non-hydrogen) atoms. The summed E-state index contributed by atoms with van der Waals surface area (Å²) in [5.74, 6) is 0.0976. The van der Waals surface area contributed by atoms with Crippen molar-refractivity contribution < 1.29 is 19.2 Å². The Hall–Kier alpha value is -3.11. The number of aromatic nitrogens is 3. The minimum atomic E-state index is -1.16. The van der Waals surface area contributed by atoms with Gasteiger partial charge in [-0.05, 0) is 36.0 Å². The van der Waals surface area contributed by atoms with Crippen molar-refractivity contribution in [2.45, 2.75) is 18.5 Å². The number of H-pyrrole nitrogens is 1. The van der Waals surface area contributed by atoms with E-state index in [1.165, 1.54) is 18.2 Å². The second-order valence-electron chi connectivity index (χ2n) is 5.46. The molecule has 144 valence electrons. The van der Waals surface area contributed by atoms with Crippen LogP contribution in [-0.2, 0) is 11.2 Å². The van der Waals surface area contributed by atoms with Gasteiger partial charge in [-0.15, -0.1) is 5.10 Å². The number of aromatic amines is 1. The molecule has 0 aliphatic carbocycles. The molecule has 0 bridgehead atoms. The Labute approximate surface area is 167 Å². The van der Waals surface area contributed by atoms with Gasteiger partial charge in [0.2, 0.25) is 5.16 Å². The zero-order valence-corrected chi connectivity index (χ0v) is 16.0. The Morgan fingerprint density at radius 2 is 2.21 bits per heavy atom. The summed E-state index contributed by atoms with van der Waals surface area (Å²) in [6.45, 7) is 1.90. The van der Waals surface area contributed by atoms with Gasteiger partial charge in [0.05, 0.1) is 4.92 Å². The van der Waals surface area contributed by atoms with E-state index in [4.69, 9.17) is 16.0 Å². The minimum Gasteiger partial charge on any atom is -0.477 e. The highest BCUT2D eigenvalue weighted by atomic mass is 35.5. The lowest BCUT2D eigenvalue weighted by Gasteiger charge is -2.00. The number of nitrogens with one attached hydrogen (secondary N) is 1. The van der Waals surface area contributed by atoms with Crippen LogP contribution in [0.25, 0.3) is 17.4 Å². The van der Waals surface area contributed by atoms with Crippen LogP contribution in [-0.4, -0.2) is 31.2 Å². The molecule has 0 saturated carbocycles. The number of aliphatic carboxylic acids is 1. The third-order valence-corrected chi connectivity index (χ3v) is 4.78. The average Bonchev–Trinajstić information content (AvgIpc) is 3.30. The number of carboxylic acids is 1. The second-order valence-corrected chi connectivity index (χ2v) is 6.88. The summed E-state index contributed by atoms with van der Waals surface area (Å²) < 4.78 is 5.62. The molecule has 3 rings (SSSR count). The molecule has 2 N–H and O–H groups in total. The van der Waals surface area contributed by atoms with Crippen LogP contribution in [0.15, 0.2) is 44.8 Å². The molecule has 11 heteroatoms. The fourth-order valence-corrected chi connectivity index (χ4v) is 3.13. The van der Waals surface area contributed by atoms with Crippen molar-refractivity contribution in [3.63, 3.8) is 0 Å². The molecule has 1 aromatic carbocycles. The fourth-order valence-electron chi connectivity index (χ4n) is 2.24. The summed E-state index contributed by atoms with van der Waals surface area (Å²) >= 11 is 6.70. The Morgan fingerprint density at radius 3 is 2.86 bits per heavy atom. The number of benzene rings is 1. The molecule has 0 aliphatic heterocycles. The second kappa shape index (κ2) is 8.28. The van der Waals surface area contributed by atoms with Gasteiger partial charge in [0.15, 0.2) is 0 Å². The zero-order valence-electron chi connectivity index (χ0n) is 14.4. The number of rotatable bonds is 7. The predicted octanol–water partition coefficient (Wildman–Crippen LogP) is 4.41. The van der Waals surface area contributed by atoms with Crippen molar-refractivity contribution >= 4 is 41.1 Å². The van der Waals surface area contributed by atoms with E-state index in [1.54, 1.807) is 18.2 Å². The zero-order chi connectivity index (χ0) is 20.3. The third kappa shape index (κ3) is 4.41. The molecule has 0 amide bonds. The van der Waals surface area contributed by atoms with E-state index in [1.807, 2.05) is 6.92 Å². The normalized spacial score (nSPS) is 11.6. The number of carboxylic acid groups (broad SMARTS) is 1. The quantitative estimate of drug-likeness (QED) is 0.248. The molecule has 0 unspecified atom stereocenters. The van der Waals surface area contributed by atoms with Crippen molar-refractivity contribution in [3.8, 4) is 11.3 Å². The van der Waals surface area contributed by atoms with Gasteiger partial charge in [-0.25, -0.2) is 9.78 Å². The van der Waals surface area contributed by atoms with Crippen LogP contribution in [0, 0.1) is 10.1 Å². The summed E-state index contributed by atoms with van der Waals surface area (Å²) in [5.41, 5.74) is 0.201. The number of nitro groups is 1. The van der Waals surface area contributed by atoms with Crippen molar-refractivity contribution in [1.29, 1.82) is 0 Å². The first-order chi connectivity index (χ1) is 13.4. The van der Waals surface area contributed by atoms with E-state index >= 15 is 0 Å². The molecular formula is C17H13ClN4O5S. The smallest absolute Gasteiger partial charge is 0.342 e. The van der Waals surface area contributed by atoms with E-state index in [0.29, 0.717) is 23.6 Å². The molecular weight excluding hydrogens is 408 g/mol. The third-order valence-electron chi connectivity index (χ3n) is 3.59. The fraction of sp³-hybridized carbons (Fsp3) is 0.118. The highest BCUT2D eigenvalue weighted by Gasteiger charge is 2.17. The van der Waals surface area contributed by atoms with Gasteiger partial charge >= 0.3 is 5.97 Å². The molecule has 0 saturated heterocycles. The molecule has 0 spiro atoms. The Morgan fingerprint density at radius 1 is 1.43 bits per heavy atom. The summed E-state index contributed by atoms with van der Waals surface area (Å²) in [6.07, 6.45) is 1.98. The van der Waals surface area contributed by atoms with Crippen molar-refractivity contribution in [3.05, 3.63) is 62.0 Å². The lowest BCUT2D eigenvalue weighted by Crippen LogP contribution is -1.97. The van der Waals surface area contributed by atoms with Gasteiger partial charge in [0.25, 0.3) is 5.69 Å². The summed E-state index contributed by atoms with van der Waals surface area (Å²) in [4.78, 5) is 26.1. The maximum absolute atomic E-state index is 11.5. The average molecular weight is 421 g/mol. The van der Waals surface area contributed by atoms with Crippen LogP contribution < -0.4 is 0 Å². The number of nitrogens with zero attached hydrogens (tertiary/aromatic N) is 3. The first-order valence-corrected chi connectivity index (χ1v) is 9.15. The first-order valence-electron chi connectivity index (χ1n) is 7.95. The van der Waals surface area contributed by atoms with Gasteiger partial charge in [-0.1, -0.05) is 18.5 Å². The molecule has 0 radical (unpaired) electrons. The number of hydrogen-bond donors (Lipinski definition) is 2. The Bertz CT molecular complexity index is 1080. The largest absolute Gasteiger partial charge is 0.477 e. The van der Waals surface area contributed by atoms with Gasteiger partial charge in [0.1, 0.15) is 27.3 Å². The summed E-state index contributed by atoms with van der Waals surface area (Å²) in [6, 6.07) is 7.43. The van der Waals surface area contributed by atoms with Crippen LogP contribution >= 0.6 is 23.4 Å². The number of thioether (sulfide) groups is 1. The van der Waals surface area contributed by atoms with Gasteiger partial charge in [-0.2, -0.15) is 0 Å². The molecule has 0 fully saturated rings. The SMILES string of the molecule is CCc1nc(S/C(=C\c2ccc(-c3ccc(Cl)c([N+](=O)[O-])c3)o2)C(=O)O)n[nH]1. The summed E-state index contributed by atoms with van der Waals surface area (Å²) in [7, 11) is 0. The van der Waals surface area contributed by atoms with E-state index in [-0.39, 0.29) is 26.5 Å². The van der Waals surface area contributed by atoms with E-state index in [9.17, 15) is 20.0 Å². The predicted molar refractivity (Wildman–Crippen MR) is 103 cm³/mol. The van der Waals surface area contributed by atoms with Crippen molar-refractivity contribution in [2.24, 2.45) is 0 Å². The van der Waals surface area contributed by atoms with Crippen LogP contribution in [0.1, 0.15) is 18.5 Å². The topological polar surface area (TPSA) is 135 Å². The Balaban J connectivity index is 1.88. The van der Waals surface area contributed by atoms with Crippen LogP contribution in [0.4, 0.5) is 5.69 Å². The molecule has 3 aromatic rings. The van der Waals surface area contributed by atoms with E-state index in [2.05, 4.69) is 15.2 Å². The maximum Gasteiger partial charge on any atom is 0.342 e. The van der Waals surface area contributed by atoms with Gasteiger partial charge in [-0.3, -0.25) is 15.2 Å². The van der Waals surface area contributed by atoms with Crippen LogP contribution in [0.2, 0.25) is 5.02 Å². The molecule has 0 aliphatic rings. The highest BCUT2D eigenvalue weighted by Crippen LogP contribution is 2.32. The number of nitro benzene ring substituents is 1. The van der Waals surface area contributed by atoms with Gasteiger partial charge < -0.3 is 9.52 Å². The van der Waals surface area contributed by atoms with Crippen LogP contribution in [0.3, 0.4) is 0 Å². The summed E-state index contributed by atoms with van der Waals surface area (Å²) in [5, 5.41) is 27.4. The minimum absolute atomic E-state index is 0.0166. The van der Waals surface area contributed by atoms with Crippen LogP contribution in [0.5, 0.6) is 0 Å². The maximum atomic E-state index is 11.5. The lowest BCUT2D eigenvalue weighted by atomic mass is 10.1. The lowest BCUT2D eigenvalue weighted by molar-refractivity contribution is -0.384. The standard InChI is InChI=1S/C17H13ClN4O5S/c1-2-15-19-17(21-20-15)28-14(16(23)24)8-10-4-6-13(27-10)9-3-5-11(18)12(7-9)22(25)26/h3-8H,2H2,1H3,(H,23,24)(H,19,20,21)/b14-8-. The monoisotopic (exact) mass is 420 g/mol. The van der Waals surface area contributed by atoms with E-state index in [0.717, 1.165) is 11.8 Å². The number of hydrogen-bond acceptors (Lipinski definition) is 7. The Kier molecular flexibility index (Phi) is 5.81. The number of carbonyl (C=O) groups is 1. The number of halogens is 1. The van der Waals surface area contributed by atoms with Gasteiger partial charge in [0, 0.05) is 24.1 Å². The molecule has 2 aromatic heterocycles. The van der Waals surface area contributed by atoms with E-state index < -0.39 is 10.9 Å². The van der Waals surface area contributed by atoms with Crippen molar-refractivity contribution in [1.82, 2.24) is 15.2 Å². The number of aryl methyl sites for hydroxylation is 1. The molecule has 2 heterocycles. The first kappa shape index (κ1) is 19.6.